The topological polar surface area (TPSA) is 36.9 Å². The Balaban J connectivity index is 1.37. The number of aryl methyl sites for hydroxylation is 8. The molecule has 6 rings (SSSR count). The van der Waals surface area contributed by atoms with Gasteiger partial charge in [0.1, 0.15) is 23.0 Å². The molecule has 0 saturated heterocycles. The van der Waals surface area contributed by atoms with Crippen molar-refractivity contribution in [1.82, 2.24) is 0 Å². The molecule has 326 valence electrons. The third kappa shape index (κ3) is 10.8. The molecule has 6 aromatic carbocycles. The van der Waals surface area contributed by atoms with Gasteiger partial charge >= 0.3 is 16.8 Å². The van der Waals surface area contributed by atoms with Crippen molar-refractivity contribution in [2.24, 2.45) is 0 Å². The van der Waals surface area contributed by atoms with Gasteiger partial charge in [-0.15, -0.1) is 0 Å². The van der Waals surface area contributed by atoms with E-state index in [1.165, 1.54) is 66.8 Å². The highest BCUT2D eigenvalue weighted by Gasteiger charge is 2.26. The number of hydrogen-bond donors (Lipinski definition) is 0. The molecule has 0 N–H and O–H groups in total. The normalized spacial score (nSPS) is 11.4. The van der Waals surface area contributed by atoms with Crippen molar-refractivity contribution >= 4 is 27.4 Å². The number of hydrogen-bond acceptors (Lipinski definition) is 4. The van der Waals surface area contributed by atoms with Crippen molar-refractivity contribution in [3.05, 3.63) is 164 Å². The molecule has 0 atom stereocenters. The Hall–Kier alpha value is -4.62. The molecule has 0 amide bonds. The molecule has 6 heteroatoms. The van der Waals surface area contributed by atoms with Crippen LogP contribution in [-0.4, -0.2) is 0 Å². The first-order valence-electron chi connectivity index (χ1n) is 23.0. The largest absolute Gasteiger partial charge is 0.435 e. The van der Waals surface area contributed by atoms with Crippen LogP contribution in [0.2, 0.25) is 0 Å². The summed E-state index contributed by atoms with van der Waals surface area (Å²) in [5, 5.41) is 2.06. The zero-order chi connectivity index (χ0) is 44.5. The Morgan fingerprint density at radius 1 is 0.306 bits per heavy atom. The first kappa shape index (κ1) is 46.9. The highest BCUT2D eigenvalue weighted by molar-refractivity contribution is 7.57. The average molecular weight is 867 g/mol. The first-order chi connectivity index (χ1) is 30.0. The summed E-state index contributed by atoms with van der Waals surface area (Å²) < 4.78 is 28.2. The molecule has 0 spiro atoms. The molecule has 0 aromatic heterocycles. The van der Waals surface area contributed by atoms with E-state index in [9.17, 15) is 0 Å². The van der Waals surface area contributed by atoms with Gasteiger partial charge in [0, 0.05) is 0 Å². The van der Waals surface area contributed by atoms with Crippen LogP contribution >= 0.6 is 16.8 Å². The molecule has 6 aromatic rings. The van der Waals surface area contributed by atoms with Gasteiger partial charge in [-0.2, -0.15) is 0 Å². The Bertz CT molecular complexity index is 2150. The third-order valence-electron chi connectivity index (χ3n) is 11.9. The van der Waals surface area contributed by atoms with Gasteiger partial charge in [-0.3, -0.25) is 0 Å². The Morgan fingerprint density at radius 3 is 0.726 bits per heavy atom. The molecular formula is C56H68O4P2. The van der Waals surface area contributed by atoms with E-state index in [4.69, 9.17) is 18.1 Å². The molecule has 4 nitrogen and oxygen atoms in total. The predicted octanol–water partition coefficient (Wildman–Crippen LogP) is 15.3. The van der Waals surface area contributed by atoms with Gasteiger partial charge in [0.15, 0.2) is 0 Å². The molecule has 0 unspecified atom stereocenters. The van der Waals surface area contributed by atoms with Gasteiger partial charge in [-0.25, -0.2) is 0 Å². The lowest BCUT2D eigenvalue weighted by molar-refractivity contribution is 0.493. The predicted molar refractivity (Wildman–Crippen MR) is 267 cm³/mol. The van der Waals surface area contributed by atoms with E-state index in [1.54, 1.807) is 0 Å². The maximum absolute atomic E-state index is 7.04. The molecule has 0 aliphatic carbocycles. The summed E-state index contributed by atoms with van der Waals surface area (Å²) >= 11 is 0. The lowest BCUT2D eigenvalue weighted by atomic mass is 9.99. The van der Waals surface area contributed by atoms with Crippen molar-refractivity contribution in [2.75, 3.05) is 0 Å². The van der Waals surface area contributed by atoms with Crippen LogP contribution in [0.4, 0.5) is 0 Å². The summed E-state index contributed by atoms with van der Waals surface area (Å²) in [6.45, 7) is 26.3. The van der Waals surface area contributed by atoms with E-state index >= 15 is 0 Å². The second-order valence-electron chi connectivity index (χ2n) is 16.4. The fourth-order valence-electron chi connectivity index (χ4n) is 8.77. The lowest BCUT2D eigenvalue weighted by Crippen LogP contribution is -2.13. The van der Waals surface area contributed by atoms with Gasteiger partial charge in [-0.1, -0.05) is 104 Å². The Morgan fingerprint density at radius 2 is 0.532 bits per heavy atom. The molecule has 0 heterocycles. The summed E-state index contributed by atoms with van der Waals surface area (Å²) in [7, 11) is -3.01. The van der Waals surface area contributed by atoms with E-state index in [-0.39, 0.29) is 0 Å². The number of benzene rings is 6. The van der Waals surface area contributed by atoms with Gasteiger partial charge < -0.3 is 18.1 Å². The van der Waals surface area contributed by atoms with E-state index in [1.807, 2.05) is 0 Å². The SMILES string of the molecule is CCc1cc(C)cc(OP(Oc2cc(C)cc(CC)c2CC)c2ccc(-c3ccc(P(Oc4cc(C)cc(CC)c4CC)Oc4cc(C)cc(CC)c4CC)cc3)cc2)c1CC. The van der Waals surface area contributed by atoms with Crippen molar-refractivity contribution in [3.63, 3.8) is 0 Å². The highest BCUT2D eigenvalue weighted by atomic mass is 31.2. The standard InChI is InChI=1S/C56H68O4P2/c1-13-41-29-37(9)33-53(49(41)17-5)57-61(58-54-34-38(10)30-42(14-2)50(54)18-6)47-25-21-45(22-26-47)46-23-27-48(28-24-46)62(59-55-35-39(11)31-43(15-3)51(55)19-7)60-56-36-40(12)32-44(16-4)52(56)20-8/h21-36H,13-20H2,1-12H3. The average Bonchev–Trinajstić information content (AvgIpc) is 3.27. The van der Waals surface area contributed by atoms with Crippen molar-refractivity contribution in [2.45, 2.75) is 134 Å². The molecule has 0 fully saturated rings. The molecular weight excluding hydrogens is 799 g/mol. The van der Waals surface area contributed by atoms with Gasteiger partial charge in [0.05, 0.1) is 10.6 Å². The zero-order valence-corrected chi connectivity index (χ0v) is 41.2. The van der Waals surface area contributed by atoms with Crippen LogP contribution < -0.4 is 28.7 Å². The van der Waals surface area contributed by atoms with Crippen LogP contribution in [0, 0.1) is 27.7 Å². The van der Waals surface area contributed by atoms with Crippen molar-refractivity contribution < 1.29 is 18.1 Å². The van der Waals surface area contributed by atoms with Gasteiger partial charge in [-0.05, 0) is 205 Å². The second-order valence-corrected chi connectivity index (χ2v) is 19.2. The van der Waals surface area contributed by atoms with Crippen LogP contribution in [0.15, 0.2) is 97.1 Å². The van der Waals surface area contributed by atoms with E-state index in [2.05, 4.69) is 180 Å². The second kappa shape index (κ2) is 21.6. The van der Waals surface area contributed by atoms with Crippen molar-refractivity contribution in [1.29, 1.82) is 0 Å². The highest BCUT2D eigenvalue weighted by Crippen LogP contribution is 2.46. The minimum absolute atomic E-state index is 0.898. The summed E-state index contributed by atoms with van der Waals surface area (Å²) in [6, 6.07) is 35.4. The molecule has 0 saturated carbocycles. The Kier molecular flexibility index (Phi) is 16.4. The van der Waals surface area contributed by atoms with Crippen LogP contribution in [-0.2, 0) is 51.4 Å². The third-order valence-corrected chi connectivity index (χ3v) is 14.8. The lowest BCUT2D eigenvalue weighted by Gasteiger charge is -2.24. The molecule has 0 aliphatic heterocycles. The summed E-state index contributed by atoms with van der Waals surface area (Å²) in [5.74, 6) is 3.68. The van der Waals surface area contributed by atoms with Crippen LogP contribution in [0.1, 0.15) is 122 Å². The zero-order valence-electron chi connectivity index (χ0n) is 39.4. The molecule has 0 bridgehead atoms. The van der Waals surface area contributed by atoms with Gasteiger partial charge in [0.2, 0.25) is 0 Å². The Labute approximate surface area is 376 Å². The summed E-state index contributed by atoms with van der Waals surface area (Å²) in [6.07, 6.45) is 7.43. The summed E-state index contributed by atoms with van der Waals surface area (Å²) in [4.78, 5) is 0. The summed E-state index contributed by atoms with van der Waals surface area (Å²) in [5.41, 5.74) is 17.4. The van der Waals surface area contributed by atoms with Crippen LogP contribution in [0.5, 0.6) is 23.0 Å². The van der Waals surface area contributed by atoms with Crippen molar-refractivity contribution in [3.8, 4) is 34.1 Å². The fraction of sp³-hybridized carbons (Fsp3) is 0.357. The quantitative estimate of drug-likeness (QED) is 0.0760. The molecule has 62 heavy (non-hydrogen) atoms. The fourth-order valence-corrected chi connectivity index (χ4v) is 11.4. The van der Waals surface area contributed by atoms with Gasteiger partial charge in [0.25, 0.3) is 0 Å². The van der Waals surface area contributed by atoms with E-state index in [0.29, 0.717) is 0 Å². The molecule has 0 aliphatic rings. The minimum Gasteiger partial charge on any atom is -0.435 e. The number of rotatable bonds is 19. The van der Waals surface area contributed by atoms with Crippen LogP contribution in [0.3, 0.4) is 0 Å². The van der Waals surface area contributed by atoms with Crippen LogP contribution in [0.25, 0.3) is 11.1 Å². The monoisotopic (exact) mass is 866 g/mol. The van der Waals surface area contributed by atoms with E-state index in [0.717, 1.165) is 96.1 Å². The van der Waals surface area contributed by atoms with E-state index < -0.39 is 16.8 Å². The maximum atomic E-state index is 7.04. The smallest absolute Gasteiger partial charge is 0.326 e. The minimum atomic E-state index is -1.51. The first-order valence-corrected chi connectivity index (χ1v) is 25.3. The maximum Gasteiger partial charge on any atom is 0.326 e. The molecule has 0 radical (unpaired) electrons.